The third-order valence-corrected chi connectivity index (χ3v) is 3.96. The van der Waals surface area contributed by atoms with E-state index in [1.807, 2.05) is 30.5 Å². The van der Waals surface area contributed by atoms with E-state index in [1.165, 1.54) is 0 Å². The van der Waals surface area contributed by atoms with E-state index in [0.29, 0.717) is 6.54 Å². The van der Waals surface area contributed by atoms with E-state index in [2.05, 4.69) is 9.97 Å². The number of ether oxygens (including phenoxy) is 1. The molecule has 0 atom stereocenters. The Balaban J connectivity index is 2.09. The Morgan fingerprint density at radius 1 is 1.26 bits per heavy atom. The highest BCUT2D eigenvalue weighted by Gasteiger charge is 2.08. The summed E-state index contributed by atoms with van der Waals surface area (Å²) in [6, 6.07) is 7.94. The molecule has 3 rings (SSSR count). The summed E-state index contributed by atoms with van der Waals surface area (Å²) < 4.78 is 6.34. The fourth-order valence-corrected chi connectivity index (χ4v) is 2.80. The maximum Gasteiger partial charge on any atom is 0.126 e. The van der Waals surface area contributed by atoms with E-state index in [1.54, 1.807) is 24.6 Å². The molecule has 0 bridgehead atoms. The molecule has 2 aromatic heterocycles. The maximum absolute atomic E-state index is 5.64. The SMILES string of the molecule is COc1ccc2sc(-c3cncc(CN)c3)nc2c1. The van der Waals surface area contributed by atoms with Crippen LogP contribution < -0.4 is 10.5 Å². The lowest BCUT2D eigenvalue weighted by molar-refractivity contribution is 0.415. The van der Waals surface area contributed by atoms with Gasteiger partial charge < -0.3 is 10.5 Å². The smallest absolute Gasteiger partial charge is 0.126 e. The van der Waals surface area contributed by atoms with Gasteiger partial charge >= 0.3 is 0 Å². The van der Waals surface area contributed by atoms with E-state index in [4.69, 9.17) is 10.5 Å². The number of nitrogens with two attached hydrogens (primary N) is 1. The number of benzene rings is 1. The van der Waals surface area contributed by atoms with E-state index < -0.39 is 0 Å². The number of aromatic nitrogens is 2. The van der Waals surface area contributed by atoms with Crippen molar-refractivity contribution >= 4 is 21.6 Å². The summed E-state index contributed by atoms with van der Waals surface area (Å²) in [7, 11) is 1.66. The number of thiazole rings is 1. The van der Waals surface area contributed by atoms with Crippen LogP contribution in [0.3, 0.4) is 0 Å². The molecule has 1 aromatic carbocycles. The van der Waals surface area contributed by atoms with Gasteiger partial charge in [0.25, 0.3) is 0 Å². The van der Waals surface area contributed by atoms with Gasteiger partial charge in [0.05, 0.1) is 17.3 Å². The Labute approximate surface area is 114 Å². The van der Waals surface area contributed by atoms with Gasteiger partial charge in [-0.15, -0.1) is 11.3 Å². The van der Waals surface area contributed by atoms with Gasteiger partial charge in [0.1, 0.15) is 10.8 Å². The molecule has 0 amide bonds. The Morgan fingerprint density at radius 2 is 2.16 bits per heavy atom. The molecule has 5 heteroatoms. The number of fused-ring (bicyclic) bond motifs is 1. The number of pyridine rings is 1. The van der Waals surface area contributed by atoms with Gasteiger partial charge in [0.15, 0.2) is 0 Å². The zero-order valence-corrected chi connectivity index (χ0v) is 11.3. The molecule has 3 aromatic rings. The summed E-state index contributed by atoms with van der Waals surface area (Å²) in [6.07, 6.45) is 3.59. The summed E-state index contributed by atoms with van der Waals surface area (Å²) in [4.78, 5) is 8.82. The number of hydrogen-bond donors (Lipinski definition) is 1. The normalized spacial score (nSPS) is 10.8. The molecule has 0 unspecified atom stereocenters. The molecule has 0 saturated carbocycles. The summed E-state index contributed by atoms with van der Waals surface area (Å²) in [6.45, 7) is 0.486. The van der Waals surface area contributed by atoms with Crippen molar-refractivity contribution in [1.82, 2.24) is 9.97 Å². The van der Waals surface area contributed by atoms with E-state index in [9.17, 15) is 0 Å². The fourth-order valence-electron chi connectivity index (χ4n) is 1.87. The predicted octanol–water partition coefficient (Wildman–Crippen LogP) is 2.83. The molecule has 4 nitrogen and oxygen atoms in total. The standard InChI is InChI=1S/C14H13N3OS/c1-18-11-2-3-13-12(5-11)17-14(19-13)10-4-9(6-15)7-16-8-10/h2-5,7-8H,6,15H2,1H3. The van der Waals surface area contributed by atoms with Crippen LogP contribution in [0.4, 0.5) is 0 Å². The van der Waals surface area contributed by atoms with Crippen LogP contribution in [-0.4, -0.2) is 17.1 Å². The molecular weight excluding hydrogens is 258 g/mol. The van der Waals surface area contributed by atoms with Crippen molar-refractivity contribution in [1.29, 1.82) is 0 Å². The molecule has 2 N–H and O–H groups in total. The summed E-state index contributed by atoms with van der Waals surface area (Å²) in [5.74, 6) is 0.818. The van der Waals surface area contributed by atoms with Gasteiger partial charge in [0, 0.05) is 30.6 Å². The average molecular weight is 271 g/mol. The molecule has 0 spiro atoms. The molecular formula is C14H13N3OS. The Morgan fingerprint density at radius 3 is 2.95 bits per heavy atom. The first kappa shape index (κ1) is 12.1. The van der Waals surface area contributed by atoms with Crippen molar-refractivity contribution in [3.63, 3.8) is 0 Å². The van der Waals surface area contributed by atoms with Crippen LogP contribution in [0.5, 0.6) is 5.75 Å². The topological polar surface area (TPSA) is 61.0 Å². The predicted molar refractivity (Wildman–Crippen MR) is 77.3 cm³/mol. The lowest BCUT2D eigenvalue weighted by Crippen LogP contribution is -1.96. The van der Waals surface area contributed by atoms with Crippen LogP contribution in [0.25, 0.3) is 20.8 Å². The Hall–Kier alpha value is -1.98. The monoisotopic (exact) mass is 271 g/mol. The molecule has 19 heavy (non-hydrogen) atoms. The van der Waals surface area contributed by atoms with Crippen LogP contribution in [0, 0.1) is 0 Å². The van der Waals surface area contributed by atoms with E-state index >= 15 is 0 Å². The first-order valence-electron chi connectivity index (χ1n) is 5.89. The highest BCUT2D eigenvalue weighted by molar-refractivity contribution is 7.21. The highest BCUT2D eigenvalue weighted by atomic mass is 32.1. The summed E-state index contributed by atoms with van der Waals surface area (Å²) in [5.41, 5.74) is 8.59. The van der Waals surface area contributed by atoms with Crippen LogP contribution in [0.15, 0.2) is 36.7 Å². The number of hydrogen-bond acceptors (Lipinski definition) is 5. The van der Waals surface area contributed by atoms with Crippen LogP contribution in [-0.2, 0) is 6.54 Å². The second-order valence-electron chi connectivity index (χ2n) is 4.14. The first-order valence-corrected chi connectivity index (χ1v) is 6.71. The highest BCUT2D eigenvalue weighted by Crippen LogP contribution is 2.31. The van der Waals surface area contributed by atoms with Crippen molar-refractivity contribution in [2.45, 2.75) is 6.54 Å². The van der Waals surface area contributed by atoms with E-state index in [-0.39, 0.29) is 0 Å². The minimum atomic E-state index is 0.486. The lowest BCUT2D eigenvalue weighted by Gasteiger charge is -1.98. The van der Waals surface area contributed by atoms with Gasteiger partial charge in [-0.3, -0.25) is 4.98 Å². The average Bonchev–Trinajstić information content (AvgIpc) is 2.90. The summed E-state index contributed by atoms with van der Waals surface area (Å²) in [5, 5.41) is 0.950. The van der Waals surface area contributed by atoms with Gasteiger partial charge in [-0.05, 0) is 23.8 Å². The van der Waals surface area contributed by atoms with Crippen molar-refractivity contribution in [3.05, 3.63) is 42.2 Å². The van der Waals surface area contributed by atoms with Crippen molar-refractivity contribution < 1.29 is 4.74 Å². The zero-order valence-electron chi connectivity index (χ0n) is 10.5. The van der Waals surface area contributed by atoms with Crippen LogP contribution in [0.2, 0.25) is 0 Å². The molecule has 0 radical (unpaired) electrons. The second-order valence-corrected chi connectivity index (χ2v) is 5.17. The van der Waals surface area contributed by atoms with Gasteiger partial charge in [-0.2, -0.15) is 0 Å². The summed E-state index contributed by atoms with van der Waals surface area (Å²) >= 11 is 1.64. The molecule has 0 saturated heterocycles. The fraction of sp³-hybridized carbons (Fsp3) is 0.143. The number of rotatable bonds is 3. The minimum absolute atomic E-state index is 0.486. The second kappa shape index (κ2) is 4.95. The number of nitrogens with zero attached hydrogens (tertiary/aromatic N) is 2. The lowest BCUT2D eigenvalue weighted by atomic mass is 10.2. The van der Waals surface area contributed by atoms with Crippen molar-refractivity contribution in [2.75, 3.05) is 7.11 Å². The van der Waals surface area contributed by atoms with Crippen molar-refractivity contribution in [3.8, 4) is 16.3 Å². The zero-order chi connectivity index (χ0) is 13.2. The molecule has 0 aliphatic carbocycles. The van der Waals surface area contributed by atoms with Gasteiger partial charge in [0.2, 0.25) is 0 Å². The molecule has 0 fully saturated rings. The molecule has 0 aliphatic rings. The molecule has 2 heterocycles. The largest absolute Gasteiger partial charge is 0.497 e. The number of methoxy groups -OCH3 is 1. The van der Waals surface area contributed by atoms with Crippen LogP contribution >= 0.6 is 11.3 Å². The van der Waals surface area contributed by atoms with E-state index in [0.717, 1.165) is 32.1 Å². The third-order valence-electron chi connectivity index (χ3n) is 2.87. The third kappa shape index (κ3) is 2.30. The minimum Gasteiger partial charge on any atom is -0.497 e. The van der Waals surface area contributed by atoms with Crippen LogP contribution in [0.1, 0.15) is 5.56 Å². The Kier molecular flexibility index (Phi) is 3.15. The van der Waals surface area contributed by atoms with Gasteiger partial charge in [-0.25, -0.2) is 4.98 Å². The molecule has 96 valence electrons. The van der Waals surface area contributed by atoms with Gasteiger partial charge in [-0.1, -0.05) is 0 Å². The molecule has 0 aliphatic heterocycles. The Bertz CT molecular complexity index is 724. The van der Waals surface area contributed by atoms with Crippen molar-refractivity contribution in [2.24, 2.45) is 5.73 Å². The first-order chi connectivity index (χ1) is 9.30. The quantitative estimate of drug-likeness (QED) is 0.795. The maximum atomic E-state index is 5.64.